The molecule has 0 aromatic carbocycles. The Morgan fingerprint density at radius 3 is 2.77 bits per heavy atom. The molecule has 31 heavy (non-hydrogen) atoms. The topological polar surface area (TPSA) is 107 Å². The molecule has 3 heterocycles. The van der Waals surface area contributed by atoms with E-state index in [1.54, 1.807) is 35.6 Å². The van der Waals surface area contributed by atoms with Gasteiger partial charge in [0.1, 0.15) is 5.69 Å². The summed E-state index contributed by atoms with van der Waals surface area (Å²) in [5.74, 6) is 0.221. The molecule has 0 aliphatic carbocycles. The fourth-order valence-corrected chi connectivity index (χ4v) is 3.52. The monoisotopic (exact) mass is 436 g/mol. The van der Waals surface area contributed by atoms with Crippen LogP contribution in [0.25, 0.3) is 11.6 Å². The van der Waals surface area contributed by atoms with Gasteiger partial charge in [-0.15, -0.1) is 11.3 Å². The second kappa shape index (κ2) is 10.3. The number of aromatic nitrogens is 3. The lowest BCUT2D eigenvalue weighted by molar-refractivity contribution is 0.0594. The van der Waals surface area contributed by atoms with E-state index in [-0.39, 0.29) is 5.69 Å². The summed E-state index contributed by atoms with van der Waals surface area (Å²) in [6.07, 6.45) is 5.37. The molecule has 0 spiro atoms. The van der Waals surface area contributed by atoms with Crippen LogP contribution in [0.5, 0.6) is 11.6 Å². The van der Waals surface area contributed by atoms with Gasteiger partial charge in [0, 0.05) is 29.3 Å². The number of hydrogen-bond acceptors (Lipinski definition) is 9. The molecule has 0 fully saturated rings. The van der Waals surface area contributed by atoms with E-state index in [0.29, 0.717) is 41.4 Å². The van der Waals surface area contributed by atoms with Crippen molar-refractivity contribution >= 4 is 29.0 Å². The van der Waals surface area contributed by atoms with Crippen LogP contribution < -0.4 is 9.47 Å². The molecule has 9 heteroatoms. The average molecular weight is 436 g/mol. The molecule has 3 aromatic rings. The summed E-state index contributed by atoms with van der Waals surface area (Å²) >= 11 is 1.58. The number of methoxy groups -OCH3 is 2. The molecule has 0 aliphatic rings. The molecule has 8 nitrogen and oxygen atoms in total. The molecule has 0 saturated heterocycles. The highest BCUT2D eigenvalue weighted by atomic mass is 32.1. The third-order valence-corrected chi connectivity index (χ3v) is 5.36. The van der Waals surface area contributed by atoms with Crippen molar-refractivity contribution < 1.29 is 19.0 Å². The summed E-state index contributed by atoms with van der Waals surface area (Å²) < 4.78 is 15.9. The van der Waals surface area contributed by atoms with Gasteiger partial charge in [-0.3, -0.25) is 0 Å². The standard InChI is InChI=1S/C22H20N4O4S/c1-14-20(31-13-26-14)5-7-30-19-10-17(12-25-21(19)28-2)16(11-23)8-15-4-6-24-18(9-15)22(27)29-3/h4,6,8-10,12-13H,5,7H2,1-3H3. The lowest BCUT2D eigenvalue weighted by atomic mass is 10.1. The maximum atomic E-state index is 11.7. The van der Waals surface area contributed by atoms with E-state index in [1.807, 2.05) is 12.4 Å². The van der Waals surface area contributed by atoms with Crippen LogP contribution >= 0.6 is 11.3 Å². The quantitative estimate of drug-likeness (QED) is 0.388. The Hall–Kier alpha value is -3.77. The normalized spacial score (nSPS) is 11.0. The van der Waals surface area contributed by atoms with E-state index in [0.717, 1.165) is 10.6 Å². The van der Waals surface area contributed by atoms with Gasteiger partial charge < -0.3 is 14.2 Å². The summed E-state index contributed by atoms with van der Waals surface area (Å²) in [6.45, 7) is 2.38. The fourth-order valence-electron chi connectivity index (χ4n) is 2.76. The summed E-state index contributed by atoms with van der Waals surface area (Å²) in [7, 11) is 2.79. The lowest BCUT2D eigenvalue weighted by Gasteiger charge is -2.11. The zero-order valence-corrected chi connectivity index (χ0v) is 18.1. The number of pyridine rings is 2. The highest BCUT2D eigenvalue weighted by molar-refractivity contribution is 7.09. The zero-order valence-electron chi connectivity index (χ0n) is 17.3. The first-order valence-electron chi connectivity index (χ1n) is 9.28. The molecule has 3 rings (SSSR count). The van der Waals surface area contributed by atoms with Gasteiger partial charge >= 0.3 is 5.97 Å². The number of esters is 1. The van der Waals surface area contributed by atoms with Gasteiger partial charge in [0.05, 0.1) is 43.7 Å². The number of hydrogen-bond donors (Lipinski definition) is 0. The molecular weight excluding hydrogens is 416 g/mol. The maximum absolute atomic E-state index is 11.7. The SMILES string of the molecule is COC(=O)c1cc(C=C(C#N)c2cnc(OC)c(OCCc3scnc3C)c2)ccn1. The second-order valence-corrected chi connectivity index (χ2v) is 7.27. The van der Waals surface area contributed by atoms with E-state index in [2.05, 4.69) is 25.8 Å². The predicted octanol–water partition coefficient (Wildman–Crippen LogP) is 3.72. The summed E-state index contributed by atoms with van der Waals surface area (Å²) in [6, 6.07) is 7.11. The van der Waals surface area contributed by atoms with Crippen molar-refractivity contribution in [1.82, 2.24) is 15.0 Å². The minimum absolute atomic E-state index is 0.156. The lowest BCUT2D eigenvalue weighted by Crippen LogP contribution is -2.04. The Morgan fingerprint density at radius 1 is 1.26 bits per heavy atom. The summed E-state index contributed by atoms with van der Waals surface area (Å²) in [4.78, 5) is 25.3. The summed E-state index contributed by atoms with van der Waals surface area (Å²) in [5, 5.41) is 9.68. The van der Waals surface area contributed by atoms with E-state index in [9.17, 15) is 10.1 Å². The fraction of sp³-hybridized carbons (Fsp3) is 0.227. The number of ether oxygens (including phenoxy) is 3. The molecule has 3 aromatic heterocycles. The first-order valence-corrected chi connectivity index (χ1v) is 10.2. The Labute approximate surface area is 183 Å². The van der Waals surface area contributed by atoms with Gasteiger partial charge in [-0.25, -0.2) is 19.7 Å². The first kappa shape index (κ1) is 21.9. The Balaban J connectivity index is 1.84. The number of carbonyl (C=O) groups is 1. The molecule has 0 amide bonds. The molecule has 0 radical (unpaired) electrons. The summed E-state index contributed by atoms with van der Waals surface area (Å²) in [5.41, 5.74) is 4.49. The third-order valence-electron chi connectivity index (χ3n) is 4.36. The third kappa shape index (κ3) is 5.43. The number of thiazole rings is 1. The highest BCUT2D eigenvalue weighted by Crippen LogP contribution is 2.29. The Bertz CT molecular complexity index is 1150. The minimum Gasteiger partial charge on any atom is -0.488 e. The molecule has 0 unspecified atom stereocenters. The van der Waals surface area contributed by atoms with E-state index in [1.165, 1.54) is 26.6 Å². The van der Waals surface area contributed by atoms with Gasteiger partial charge in [-0.05, 0) is 36.8 Å². The van der Waals surface area contributed by atoms with E-state index in [4.69, 9.17) is 9.47 Å². The second-order valence-electron chi connectivity index (χ2n) is 6.33. The maximum Gasteiger partial charge on any atom is 0.356 e. The van der Waals surface area contributed by atoms with Crippen molar-refractivity contribution in [3.8, 4) is 17.7 Å². The van der Waals surface area contributed by atoms with E-state index >= 15 is 0 Å². The van der Waals surface area contributed by atoms with Gasteiger partial charge in [-0.1, -0.05) is 0 Å². The van der Waals surface area contributed by atoms with Crippen LogP contribution in [-0.4, -0.2) is 41.7 Å². The molecule has 0 bridgehead atoms. The van der Waals surface area contributed by atoms with Crippen molar-refractivity contribution in [1.29, 1.82) is 5.26 Å². The van der Waals surface area contributed by atoms with Crippen molar-refractivity contribution in [3.63, 3.8) is 0 Å². The van der Waals surface area contributed by atoms with Crippen molar-refractivity contribution in [2.24, 2.45) is 0 Å². The Kier molecular flexibility index (Phi) is 7.30. The number of allylic oxidation sites excluding steroid dienone is 1. The number of rotatable bonds is 8. The van der Waals surface area contributed by atoms with Crippen LogP contribution in [0.4, 0.5) is 0 Å². The molecule has 0 saturated carbocycles. The molecule has 0 atom stereocenters. The number of nitrogens with zero attached hydrogens (tertiary/aromatic N) is 4. The van der Waals surface area contributed by atoms with Crippen LogP contribution in [0, 0.1) is 18.3 Å². The van der Waals surface area contributed by atoms with Crippen LogP contribution in [0.1, 0.15) is 32.2 Å². The highest BCUT2D eigenvalue weighted by Gasteiger charge is 2.12. The van der Waals surface area contributed by atoms with Gasteiger partial charge in [0.2, 0.25) is 0 Å². The predicted molar refractivity (Wildman–Crippen MR) is 116 cm³/mol. The van der Waals surface area contributed by atoms with Crippen molar-refractivity contribution in [2.75, 3.05) is 20.8 Å². The minimum atomic E-state index is -0.549. The molecule has 0 aliphatic heterocycles. The van der Waals surface area contributed by atoms with Crippen LogP contribution in [0.15, 0.2) is 36.1 Å². The van der Waals surface area contributed by atoms with Crippen LogP contribution in [0.3, 0.4) is 0 Å². The number of carbonyl (C=O) groups excluding carboxylic acids is 1. The average Bonchev–Trinajstić information content (AvgIpc) is 3.21. The molecule has 158 valence electrons. The van der Waals surface area contributed by atoms with Crippen molar-refractivity contribution in [3.05, 3.63) is 63.5 Å². The zero-order chi connectivity index (χ0) is 22.2. The Morgan fingerprint density at radius 2 is 2.10 bits per heavy atom. The van der Waals surface area contributed by atoms with Gasteiger partial charge in [0.15, 0.2) is 5.75 Å². The van der Waals surface area contributed by atoms with Gasteiger partial charge in [0.25, 0.3) is 5.88 Å². The van der Waals surface area contributed by atoms with Gasteiger partial charge in [-0.2, -0.15) is 5.26 Å². The van der Waals surface area contributed by atoms with Crippen LogP contribution in [-0.2, 0) is 11.2 Å². The van der Waals surface area contributed by atoms with Crippen molar-refractivity contribution in [2.45, 2.75) is 13.3 Å². The number of nitriles is 1. The smallest absolute Gasteiger partial charge is 0.356 e. The number of aryl methyl sites for hydroxylation is 1. The molecule has 0 N–H and O–H groups in total. The largest absolute Gasteiger partial charge is 0.488 e. The molecular formula is C22H20N4O4S. The van der Waals surface area contributed by atoms with E-state index < -0.39 is 5.97 Å². The first-order chi connectivity index (χ1) is 15.0. The van der Waals surface area contributed by atoms with Crippen LogP contribution in [0.2, 0.25) is 0 Å².